The van der Waals surface area contributed by atoms with E-state index in [4.69, 9.17) is 9.62 Å². The van der Waals surface area contributed by atoms with Gasteiger partial charge in [0.25, 0.3) is 0 Å². The highest BCUT2D eigenvalue weighted by Crippen LogP contribution is 2.22. The topological polar surface area (TPSA) is 62.8 Å². The molecule has 0 aliphatic carbocycles. The minimum atomic E-state index is -4.94. The molecule has 4 nitrogen and oxygen atoms in total. The van der Waals surface area contributed by atoms with Gasteiger partial charge in [0.2, 0.25) is 0 Å². The molecule has 0 saturated heterocycles. The molecular formula is C11H6F3NO3. The standard InChI is InChI=1S/C11H6F3NO3/c12-11(13,14)9(15-17)7-5-6-3-1-2-4-8(6)18-10(7)16/h1-5,17H/b15-9+. The fourth-order valence-electron chi connectivity index (χ4n) is 1.49. The third kappa shape index (κ3) is 2.06. The lowest BCUT2D eigenvalue weighted by Gasteiger charge is -2.07. The first-order valence-electron chi connectivity index (χ1n) is 4.76. The van der Waals surface area contributed by atoms with Crippen molar-refractivity contribution in [2.45, 2.75) is 6.18 Å². The number of halogens is 3. The SMILES string of the molecule is O=c1oc2ccccc2cc1/C(=N\O)C(F)(F)F. The second-order valence-electron chi connectivity index (χ2n) is 3.43. The molecule has 0 fully saturated rings. The van der Waals surface area contributed by atoms with Crippen LogP contribution in [0.1, 0.15) is 5.56 Å². The zero-order valence-corrected chi connectivity index (χ0v) is 8.73. The molecule has 0 bridgehead atoms. The van der Waals surface area contributed by atoms with Crippen molar-refractivity contribution in [1.29, 1.82) is 0 Å². The van der Waals surface area contributed by atoms with E-state index in [2.05, 4.69) is 5.16 Å². The molecule has 0 aliphatic heterocycles. The number of hydrogen-bond donors (Lipinski definition) is 1. The molecule has 0 amide bonds. The molecule has 1 aromatic heterocycles. The number of rotatable bonds is 1. The summed E-state index contributed by atoms with van der Waals surface area (Å²) < 4.78 is 42.3. The molecule has 0 radical (unpaired) electrons. The zero-order valence-electron chi connectivity index (χ0n) is 8.73. The molecule has 2 aromatic rings. The van der Waals surface area contributed by atoms with E-state index in [9.17, 15) is 18.0 Å². The van der Waals surface area contributed by atoms with Crippen LogP contribution >= 0.6 is 0 Å². The van der Waals surface area contributed by atoms with Gasteiger partial charge in [-0.1, -0.05) is 23.4 Å². The number of para-hydroxylation sites is 1. The summed E-state index contributed by atoms with van der Waals surface area (Å²) in [5.74, 6) is 0. The molecule has 0 saturated carbocycles. The summed E-state index contributed by atoms with van der Waals surface area (Å²) in [6.07, 6.45) is -4.94. The van der Waals surface area contributed by atoms with Gasteiger partial charge in [0, 0.05) is 5.39 Å². The summed E-state index contributed by atoms with van der Waals surface area (Å²) >= 11 is 0. The lowest BCUT2D eigenvalue weighted by Crippen LogP contribution is -2.29. The monoisotopic (exact) mass is 257 g/mol. The molecule has 0 atom stereocenters. The van der Waals surface area contributed by atoms with Crippen molar-refractivity contribution in [3.05, 3.63) is 46.3 Å². The Morgan fingerprint density at radius 2 is 1.94 bits per heavy atom. The molecule has 0 spiro atoms. The highest BCUT2D eigenvalue weighted by molar-refractivity contribution is 6.05. The highest BCUT2D eigenvalue weighted by atomic mass is 19.4. The summed E-state index contributed by atoms with van der Waals surface area (Å²) in [5, 5.41) is 10.8. The van der Waals surface area contributed by atoms with Crippen molar-refractivity contribution in [2.24, 2.45) is 5.16 Å². The molecule has 0 aliphatic rings. The second kappa shape index (κ2) is 4.17. The van der Waals surface area contributed by atoms with Crippen LogP contribution in [0.15, 0.2) is 44.7 Å². The summed E-state index contributed by atoms with van der Waals surface area (Å²) in [4.78, 5) is 11.4. The quantitative estimate of drug-likeness (QED) is 0.369. The van der Waals surface area contributed by atoms with Crippen molar-refractivity contribution in [3.8, 4) is 0 Å². The molecular weight excluding hydrogens is 251 g/mol. The smallest absolute Gasteiger partial charge is 0.422 e. The van der Waals surface area contributed by atoms with Crippen LogP contribution in [-0.2, 0) is 0 Å². The van der Waals surface area contributed by atoms with Crippen LogP contribution in [0.5, 0.6) is 0 Å². The van der Waals surface area contributed by atoms with Crippen molar-refractivity contribution in [1.82, 2.24) is 0 Å². The third-order valence-electron chi connectivity index (χ3n) is 2.27. The van der Waals surface area contributed by atoms with Crippen LogP contribution in [0.25, 0.3) is 11.0 Å². The third-order valence-corrected chi connectivity index (χ3v) is 2.27. The fraction of sp³-hybridized carbons (Fsp3) is 0.0909. The van der Waals surface area contributed by atoms with E-state index in [1.54, 1.807) is 12.1 Å². The Bertz CT molecular complexity index is 673. The summed E-state index contributed by atoms with van der Waals surface area (Å²) in [6.45, 7) is 0. The molecule has 2 rings (SSSR count). The Kier molecular flexibility index (Phi) is 2.82. The van der Waals surface area contributed by atoms with Crippen molar-refractivity contribution in [3.63, 3.8) is 0 Å². The summed E-state index contributed by atoms with van der Waals surface area (Å²) in [6, 6.07) is 7.06. The first kappa shape index (κ1) is 12.2. The van der Waals surface area contributed by atoms with Gasteiger partial charge in [0.15, 0.2) is 5.71 Å². The van der Waals surface area contributed by atoms with E-state index in [-0.39, 0.29) is 5.58 Å². The van der Waals surface area contributed by atoms with Crippen molar-refractivity contribution in [2.75, 3.05) is 0 Å². The van der Waals surface area contributed by atoms with Gasteiger partial charge in [-0.15, -0.1) is 0 Å². The maximum Gasteiger partial charge on any atom is 0.437 e. The number of fused-ring (bicyclic) bond motifs is 1. The highest BCUT2D eigenvalue weighted by Gasteiger charge is 2.39. The predicted octanol–water partition coefficient (Wildman–Crippen LogP) is 2.53. The zero-order chi connectivity index (χ0) is 13.3. The van der Waals surface area contributed by atoms with Crippen LogP contribution in [0, 0.1) is 0 Å². The lowest BCUT2D eigenvalue weighted by atomic mass is 10.1. The normalized spacial score (nSPS) is 12.9. The predicted molar refractivity (Wildman–Crippen MR) is 56.9 cm³/mol. The molecule has 18 heavy (non-hydrogen) atoms. The first-order chi connectivity index (χ1) is 8.43. The first-order valence-corrected chi connectivity index (χ1v) is 4.76. The van der Waals surface area contributed by atoms with Gasteiger partial charge in [-0.2, -0.15) is 13.2 Å². The minimum Gasteiger partial charge on any atom is -0.422 e. The summed E-state index contributed by atoms with van der Waals surface area (Å²) in [7, 11) is 0. The average Bonchev–Trinajstić information content (AvgIpc) is 2.29. The minimum absolute atomic E-state index is 0.158. The van der Waals surface area contributed by atoms with E-state index in [1.165, 1.54) is 12.1 Å². The van der Waals surface area contributed by atoms with E-state index in [0.717, 1.165) is 6.07 Å². The van der Waals surface area contributed by atoms with Crippen LogP contribution in [0.2, 0.25) is 0 Å². The van der Waals surface area contributed by atoms with Crippen LogP contribution in [0.3, 0.4) is 0 Å². The Labute approximate surface area is 97.9 Å². The van der Waals surface area contributed by atoms with Gasteiger partial charge in [-0.25, -0.2) is 4.79 Å². The molecule has 94 valence electrons. The maximum atomic E-state index is 12.5. The van der Waals surface area contributed by atoms with Gasteiger partial charge in [-0.3, -0.25) is 0 Å². The van der Waals surface area contributed by atoms with Gasteiger partial charge in [0.05, 0.1) is 5.56 Å². The Morgan fingerprint density at radius 1 is 1.28 bits per heavy atom. The van der Waals surface area contributed by atoms with Gasteiger partial charge >= 0.3 is 11.8 Å². The van der Waals surface area contributed by atoms with Gasteiger partial charge in [-0.05, 0) is 12.1 Å². The number of oxime groups is 1. The molecule has 1 heterocycles. The van der Waals surface area contributed by atoms with Crippen LogP contribution < -0.4 is 5.63 Å². The Morgan fingerprint density at radius 3 is 2.56 bits per heavy atom. The van der Waals surface area contributed by atoms with E-state index in [1.807, 2.05) is 0 Å². The van der Waals surface area contributed by atoms with Crippen LogP contribution in [-0.4, -0.2) is 17.1 Å². The molecule has 1 N–H and O–H groups in total. The number of nitrogens with zero attached hydrogens (tertiary/aromatic N) is 1. The van der Waals surface area contributed by atoms with Crippen molar-refractivity contribution >= 4 is 16.7 Å². The number of alkyl halides is 3. The Balaban J connectivity index is 2.72. The van der Waals surface area contributed by atoms with Crippen molar-refractivity contribution < 1.29 is 22.8 Å². The second-order valence-corrected chi connectivity index (χ2v) is 3.43. The molecule has 1 aromatic carbocycles. The molecule has 0 unspecified atom stereocenters. The summed E-state index contributed by atoms with van der Waals surface area (Å²) in [5.41, 5.74) is -3.56. The van der Waals surface area contributed by atoms with Gasteiger partial charge < -0.3 is 9.62 Å². The van der Waals surface area contributed by atoms with E-state index < -0.39 is 23.1 Å². The average molecular weight is 257 g/mol. The van der Waals surface area contributed by atoms with Gasteiger partial charge in [0.1, 0.15) is 5.58 Å². The lowest BCUT2D eigenvalue weighted by molar-refractivity contribution is -0.0602. The Hall–Kier alpha value is -2.31. The largest absolute Gasteiger partial charge is 0.437 e. The number of hydrogen-bond acceptors (Lipinski definition) is 4. The van der Waals surface area contributed by atoms with E-state index in [0.29, 0.717) is 5.39 Å². The number of benzene rings is 1. The van der Waals surface area contributed by atoms with E-state index >= 15 is 0 Å². The maximum absolute atomic E-state index is 12.5. The molecule has 7 heteroatoms. The van der Waals surface area contributed by atoms with Crippen LogP contribution in [0.4, 0.5) is 13.2 Å². The fourth-order valence-corrected chi connectivity index (χ4v) is 1.49.